The van der Waals surface area contributed by atoms with Crippen LogP contribution in [0.15, 0.2) is 61.1 Å². The van der Waals surface area contributed by atoms with Crippen LogP contribution in [0.3, 0.4) is 0 Å². The van der Waals surface area contributed by atoms with Crippen molar-refractivity contribution in [3.63, 3.8) is 0 Å². The van der Waals surface area contributed by atoms with E-state index in [1.165, 1.54) is 0 Å². The standard InChI is InChI=1S/C22H20ClN5O/c1-3-14(2)26-22(29)19-9-4-15(12-25-19)21-27-18-10-11-24-13-20(18)28(21)17-7-5-16(23)6-8-17/h4-14H,3H2,1-2H3,(H,26,29). The SMILES string of the molecule is CCC(C)NC(=O)c1ccc(-c2nc3ccncc3n2-c2ccc(Cl)cc2)cn1. The highest BCUT2D eigenvalue weighted by molar-refractivity contribution is 6.30. The first-order chi connectivity index (χ1) is 14.1. The van der Waals surface area contributed by atoms with E-state index in [1.807, 2.05) is 54.8 Å². The molecule has 0 aliphatic heterocycles. The zero-order valence-corrected chi connectivity index (χ0v) is 16.9. The second-order valence-corrected chi connectivity index (χ2v) is 7.26. The number of pyridine rings is 2. The van der Waals surface area contributed by atoms with Crippen molar-refractivity contribution in [3.8, 4) is 17.1 Å². The Morgan fingerprint density at radius 1 is 1.14 bits per heavy atom. The number of imidazole rings is 1. The van der Waals surface area contributed by atoms with E-state index in [2.05, 4.69) is 15.3 Å². The minimum absolute atomic E-state index is 0.102. The van der Waals surface area contributed by atoms with Crippen LogP contribution in [-0.2, 0) is 0 Å². The molecule has 3 heterocycles. The van der Waals surface area contributed by atoms with Gasteiger partial charge < -0.3 is 5.32 Å². The summed E-state index contributed by atoms with van der Waals surface area (Å²) in [6.07, 6.45) is 6.03. The number of carbonyl (C=O) groups is 1. The third-order valence-electron chi connectivity index (χ3n) is 4.79. The zero-order chi connectivity index (χ0) is 20.4. The van der Waals surface area contributed by atoms with E-state index >= 15 is 0 Å². The van der Waals surface area contributed by atoms with Gasteiger partial charge in [0, 0.05) is 34.7 Å². The fourth-order valence-electron chi connectivity index (χ4n) is 3.03. The topological polar surface area (TPSA) is 72.7 Å². The molecule has 3 aromatic heterocycles. The molecule has 7 heteroatoms. The number of nitrogens with zero attached hydrogens (tertiary/aromatic N) is 4. The van der Waals surface area contributed by atoms with E-state index in [0.717, 1.165) is 34.5 Å². The van der Waals surface area contributed by atoms with Crippen LogP contribution in [-0.4, -0.2) is 31.5 Å². The lowest BCUT2D eigenvalue weighted by atomic mass is 10.2. The molecule has 146 valence electrons. The number of amides is 1. The number of fused-ring (bicyclic) bond motifs is 1. The number of benzene rings is 1. The number of aromatic nitrogens is 4. The Hall–Kier alpha value is -3.25. The summed E-state index contributed by atoms with van der Waals surface area (Å²) in [5.41, 5.74) is 3.80. The third-order valence-corrected chi connectivity index (χ3v) is 5.04. The lowest BCUT2D eigenvalue weighted by Gasteiger charge is -2.12. The fourth-order valence-corrected chi connectivity index (χ4v) is 3.16. The van der Waals surface area contributed by atoms with Gasteiger partial charge in [0.05, 0.1) is 17.2 Å². The molecule has 4 aromatic rings. The first-order valence-electron chi connectivity index (χ1n) is 9.42. The summed E-state index contributed by atoms with van der Waals surface area (Å²) in [6.45, 7) is 3.99. The molecular formula is C22H20ClN5O. The summed E-state index contributed by atoms with van der Waals surface area (Å²) in [5, 5.41) is 3.59. The van der Waals surface area contributed by atoms with Crippen molar-refractivity contribution in [2.75, 3.05) is 0 Å². The normalized spacial score (nSPS) is 12.1. The highest BCUT2D eigenvalue weighted by atomic mass is 35.5. The van der Waals surface area contributed by atoms with Crippen LogP contribution in [0.4, 0.5) is 0 Å². The van der Waals surface area contributed by atoms with E-state index in [-0.39, 0.29) is 11.9 Å². The fraction of sp³-hybridized carbons (Fsp3) is 0.182. The molecule has 1 aromatic carbocycles. The minimum Gasteiger partial charge on any atom is -0.348 e. The number of carbonyl (C=O) groups excluding carboxylic acids is 1. The van der Waals surface area contributed by atoms with Gasteiger partial charge in [0.25, 0.3) is 5.91 Å². The quantitative estimate of drug-likeness (QED) is 0.524. The average molecular weight is 406 g/mol. The summed E-state index contributed by atoms with van der Waals surface area (Å²) in [4.78, 5) is 25.7. The van der Waals surface area contributed by atoms with Gasteiger partial charge in [0.2, 0.25) is 0 Å². The molecule has 0 aliphatic rings. The largest absolute Gasteiger partial charge is 0.348 e. The number of halogens is 1. The number of hydrogen-bond acceptors (Lipinski definition) is 4. The predicted molar refractivity (Wildman–Crippen MR) is 114 cm³/mol. The maximum Gasteiger partial charge on any atom is 0.270 e. The van der Waals surface area contributed by atoms with Crippen LogP contribution in [0.1, 0.15) is 30.8 Å². The molecule has 0 saturated heterocycles. The second-order valence-electron chi connectivity index (χ2n) is 6.83. The van der Waals surface area contributed by atoms with Gasteiger partial charge in [-0.1, -0.05) is 18.5 Å². The summed E-state index contributed by atoms with van der Waals surface area (Å²) in [5.74, 6) is 0.540. The van der Waals surface area contributed by atoms with E-state index in [9.17, 15) is 4.79 Å². The molecule has 6 nitrogen and oxygen atoms in total. The number of nitrogens with one attached hydrogen (secondary N) is 1. The summed E-state index contributed by atoms with van der Waals surface area (Å²) in [7, 11) is 0. The number of rotatable bonds is 5. The summed E-state index contributed by atoms with van der Waals surface area (Å²) in [6, 6.07) is 13.1. The van der Waals surface area contributed by atoms with Gasteiger partial charge in [-0.25, -0.2) is 4.98 Å². The first-order valence-corrected chi connectivity index (χ1v) is 9.80. The van der Waals surface area contributed by atoms with Crippen molar-refractivity contribution in [2.24, 2.45) is 0 Å². The average Bonchev–Trinajstić information content (AvgIpc) is 3.14. The maximum atomic E-state index is 12.3. The first kappa shape index (κ1) is 19.1. The predicted octanol–water partition coefficient (Wildman–Crippen LogP) is 4.66. The van der Waals surface area contributed by atoms with Crippen molar-refractivity contribution < 1.29 is 4.79 Å². The Kier molecular flexibility index (Phi) is 5.27. The number of hydrogen-bond donors (Lipinski definition) is 1. The van der Waals surface area contributed by atoms with Crippen LogP contribution in [0, 0.1) is 0 Å². The van der Waals surface area contributed by atoms with Crippen LogP contribution < -0.4 is 5.32 Å². The molecule has 4 rings (SSSR count). The molecule has 29 heavy (non-hydrogen) atoms. The van der Waals surface area contributed by atoms with E-state index < -0.39 is 0 Å². The van der Waals surface area contributed by atoms with Crippen molar-refractivity contribution in [1.29, 1.82) is 0 Å². The second kappa shape index (κ2) is 8.01. The highest BCUT2D eigenvalue weighted by Gasteiger charge is 2.16. The Morgan fingerprint density at radius 2 is 1.93 bits per heavy atom. The Bertz CT molecular complexity index is 1150. The molecule has 0 bridgehead atoms. The molecule has 0 spiro atoms. The van der Waals surface area contributed by atoms with Crippen LogP contribution in [0.25, 0.3) is 28.1 Å². The van der Waals surface area contributed by atoms with Crippen molar-refractivity contribution >= 4 is 28.5 Å². The van der Waals surface area contributed by atoms with Gasteiger partial charge >= 0.3 is 0 Å². The Balaban J connectivity index is 1.77. The Morgan fingerprint density at radius 3 is 2.62 bits per heavy atom. The smallest absolute Gasteiger partial charge is 0.270 e. The van der Waals surface area contributed by atoms with Crippen molar-refractivity contribution in [3.05, 3.63) is 71.8 Å². The van der Waals surface area contributed by atoms with Gasteiger partial charge in [0.15, 0.2) is 0 Å². The molecule has 1 amide bonds. The minimum atomic E-state index is -0.179. The van der Waals surface area contributed by atoms with Gasteiger partial charge in [0.1, 0.15) is 11.5 Å². The molecule has 1 N–H and O–H groups in total. The monoisotopic (exact) mass is 405 g/mol. The Labute approximate surface area is 173 Å². The lowest BCUT2D eigenvalue weighted by Crippen LogP contribution is -2.32. The van der Waals surface area contributed by atoms with Crippen molar-refractivity contribution in [1.82, 2.24) is 24.8 Å². The van der Waals surface area contributed by atoms with E-state index in [0.29, 0.717) is 10.7 Å². The molecule has 0 radical (unpaired) electrons. The third kappa shape index (κ3) is 3.84. The maximum absolute atomic E-state index is 12.3. The molecular weight excluding hydrogens is 386 g/mol. The van der Waals surface area contributed by atoms with Gasteiger partial charge in [-0.15, -0.1) is 0 Å². The summed E-state index contributed by atoms with van der Waals surface area (Å²) >= 11 is 6.06. The highest BCUT2D eigenvalue weighted by Crippen LogP contribution is 2.28. The molecule has 0 fully saturated rings. The lowest BCUT2D eigenvalue weighted by molar-refractivity contribution is 0.0934. The van der Waals surface area contributed by atoms with Crippen LogP contribution in [0.2, 0.25) is 5.02 Å². The van der Waals surface area contributed by atoms with Gasteiger partial charge in [-0.05, 0) is 55.8 Å². The van der Waals surface area contributed by atoms with E-state index in [4.69, 9.17) is 16.6 Å². The molecule has 0 aliphatic carbocycles. The van der Waals surface area contributed by atoms with Crippen LogP contribution in [0.5, 0.6) is 0 Å². The van der Waals surface area contributed by atoms with E-state index in [1.54, 1.807) is 24.7 Å². The van der Waals surface area contributed by atoms with Gasteiger partial charge in [-0.3, -0.25) is 19.3 Å². The molecule has 1 atom stereocenters. The summed E-state index contributed by atoms with van der Waals surface area (Å²) < 4.78 is 2.01. The molecule has 1 unspecified atom stereocenters. The van der Waals surface area contributed by atoms with Crippen LogP contribution >= 0.6 is 11.6 Å². The zero-order valence-electron chi connectivity index (χ0n) is 16.1. The van der Waals surface area contributed by atoms with Gasteiger partial charge in [-0.2, -0.15) is 0 Å². The molecule has 0 saturated carbocycles. The van der Waals surface area contributed by atoms with Crippen molar-refractivity contribution in [2.45, 2.75) is 26.3 Å².